The van der Waals surface area contributed by atoms with Gasteiger partial charge in [-0.2, -0.15) is 0 Å². The van der Waals surface area contributed by atoms with Crippen molar-refractivity contribution < 1.29 is 90.5 Å². The van der Waals surface area contributed by atoms with Gasteiger partial charge in [0.15, 0.2) is 30.7 Å². The van der Waals surface area contributed by atoms with Gasteiger partial charge in [-0.25, -0.2) is 0 Å². The predicted molar refractivity (Wildman–Crippen MR) is 145 cm³/mol. The van der Waals surface area contributed by atoms with E-state index in [4.69, 9.17) is 52.1 Å². The standard InChI is InChI=1S/C28H38O19/c1-11(29)37-9-19-21(39-13(3)31)23(40-14(4)32)26(43-17(7)35)28(46-19)47-22-20(10-38-12(2)30)45-27(44-18(8)36)25(42-16(6)34)24(22)41-15(5)33/h19-28H,9-10H2,1-8H3/t19-,20-,21-,22-,23+,24+,25+,26+,27?,28-/m1/s1. The van der Waals surface area contributed by atoms with Gasteiger partial charge in [0.05, 0.1) is 0 Å². The van der Waals surface area contributed by atoms with Crippen molar-refractivity contribution in [1.82, 2.24) is 0 Å². The van der Waals surface area contributed by atoms with Crippen molar-refractivity contribution in [2.24, 2.45) is 0 Å². The quantitative estimate of drug-likeness (QED) is 0.181. The van der Waals surface area contributed by atoms with Crippen LogP contribution < -0.4 is 0 Å². The molecule has 2 fully saturated rings. The predicted octanol–water partition coefficient (Wildman–Crippen LogP) is -0.831. The van der Waals surface area contributed by atoms with Crippen LogP contribution in [-0.4, -0.2) is 122 Å². The molecule has 2 heterocycles. The lowest BCUT2D eigenvalue weighted by Crippen LogP contribution is -2.67. The summed E-state index contributed by atoms with van der Waals surface area (Å²) >= 11 is 0. The zero-order valence-corrected chi connectivity index (χ0v) is 26.9. The molecule has 0 aromatic heterocycles. The summed E-state index contributed by atoms with van der Waals surface area (Å²) in [6, 6.07) is 0. The largest absolute Gasteiger partial charge is 0.463 e. The Morgan fingerprint density at radius 1 is 0.383 bits per heavy atom. The Morgan fingerprint density at radius 2 is 0.702 bits per heavy atom. The van der Waals surface area contributed by atoms with Gasteiger partial charge in [-0.05, 0) is 0 Å². The molecule has 2 aliphatic heterocycles. The summed E-state index contributed by atoms with van der Waals surface area (Å²) in [5.41, 5.74) is 0. The first-order chi connectivity index (χ1) is 21.9. The van der Waals surface area contributed by atoms with Crippen LogP contribution in [0.25, 0.3) is 0 Å². The van der Waals surface area contributed by atoms with E-state index in [-0.39, 0.29) is 0 Å². The molecule has 0 radical (unpaired) electrons. The molecular formula is C28H38O19. The van der Waals surface area contributed by atoms with E-state index in [1.54, 1.807) is 0 Å². The minimum absolute atomic E-state index is 0.590. The minimum Gasteiger partial charge on any atom is -0.463 e. The van der Waals surface area contributed by atoms with E-state index in [0.29, 0.717) is 0 Å². The molecule has 1 unspecified atom stereocenters. The van der Waals surface area contributed by atoms with E-state index in [1.807, 2.05) is 0 Å². The molecule has 0 aromatic carbocycles. The molecule has 0 spiro atoms. The van der Waals surface area contributed by atoms with Crippen LogP contribution in [0.15, 0.2) is 0 Å². The number of carbonyl (C=O) groups excluding carboxylic acids is 8. The van der Waals surface area contributed by atoms with E-state index in [2.05, 4.69) is 0 Å². The van der Waals surface area contributed by atoms with Crippen molar-refractivity contribution in [1.29, 1.82) is 0 Å². The molecule has 0 saturated carbocycles. The third-order valence-electron chi connectivity index (χ3n) is 6.17. The van der Waals surface area contributed by atoms with Gasteiger partial charge in [0, 0.05) is 55.4 Å². The minimum atomic E-state index is -1.83. The Balaban J connectivity index is 2.73. The monoisotopic (exact) mass is 678 g/mol. The normalized spacial score (nSPS) is 30.0. The fourth-order valence-corrected chi connectivity index (χ4v) is 4.73. The Morgan fingerprint density at radius 3 is 1.11 bits per heavy atom. The highest BCUT2D eigenvalue weighted by molar-refractivity contribution is 5.70. The average Bonchev–Trinajstić information content (AvgIpc) is 2.91. The van der Waals surface area contributed by atoms with Gasteiger partial charge in [-0.15, -0.1) is 0 Å². The maximum Gasteiger partial charge on any atom is 0.305 e. The number of hydrogen-bond acceptors (Lipinski definition) is 19. The number of ether oxygens (including phenoxy) is 11. The van der Waals surface area contributed by atoms with Crippen LogP contribution in [0.5, 0.6) is 0 Å². The summed E-state index contributed by atoms with van der Waals surface area (Å²) in [5, 5.41) is 0. The van der Waals surface area contributed by atoms with Gasteiger partial charge in [0.25, 0.3) is 0 Å². The zero-order valence-electron chi connectivity index (χ0n) is 26.9. The molecule has 2 saturated heterocycles. The lowest BCUT2D eigenvalue weighted by molar-refractivity contribution is -0.357. The summed E-state index contributed by atoms with van der Waals surface area (Å²) in [6.07, 6.45) is -16.3. The van der Waals surface area contributed by atoms with Crippen LogP contribution in [0.1, 0.15) is 55.4 Å². The second-order valence-corrected chi connectivity index (χ2v) is 10.3. The highest BCUT2D eigenvalue weighted by atomic mass is 16.8. The Bertz CT molecular complexity index is 1200. The molecule has 2 aliphatic rings. The molecule has 0 aromatic rings. The van der Waals surface area contributed by atoms with Crippen molar-refractivity contribution >= 4 is 47.8 Å². The molecule has 0 aliphatic carbocycles. The van der Waals surface area contributed by atoms with E-state index < -0.39 is 122 Å². The van der Waals surface area contributed by atoms with Crippen LogP contribution in [0.4, 0.5) is 0 Å². The summed E-state index contributed by atoms with van der Waals surface area (Å²) in [7, 11) is 0. The maximum absolute atomic E-state index is 12.3. The molecule has 19 heteroatoms. The Kier molecular flexibility index (Phi) is 14.5. The van der Waals surface area contributed by atoms with E-state index in [9.17, 15) is 38.4 Å². The maximum atomic E-state index is 12.3. The number of hydrogen-bond donors (Lipinski definition) is 0. The van der Waals surface area contributed by atoms with Crippen molar-refractivity contribution in [2.45, 2.75) is 117 Å². The molecule has 0 amide bonds. The molecule has 47 heavy (non-hydrogen) atoms. The number of carbonyl (C=O) groups is 8. The third kappa shape index (κ3) is 12.1. The lowest BCUT2D eigenvalue weighted by Gasteiger charge is -2.48. The van der Waals surface area contributed by atoms with Crippen molar-refractivity contribution in [2.75, 3.05) is 13.2 Å². The van der Waals surface area contributed by atoms with Gasteiger partial charge in [-0.1, -0.05) is 0 Å². The van der Waals surface area contributed by atoms with E-state index in [1.165, 1.54) is 0 Å². The molecule has 0 N–H and O–H groups in total. The second kappa shape index (κ2) is 17.5. The summed E-state index contributed by atoms with van der Waals surface area (Å²) < 4.78 is 60.2. The average molecular weight is 679 g/mol. The number of esters is 8. The van der Waals surface area contributed by atoms with Crippen LogP contribution in [0, 0.1) is 0 Å². The Hall–Kier alpha value is -4.36. The highest BCUT2D eigenvalue weighted by Gasteiger charge is 2.58. The fraction of sp³-hybridized carbons (Fsp3) is 0.714. The van der Waals surface area contributed by atoms with Gasteiger partial charge in [-0.3, -0.25) is 38.4 Å². The van der Waals surface area contributed by atoms with E-state index >= 15 is 0 Å². The molecule has 0 bridgehead atoms. The SMILES string of the molecule is CC(=O)OC[C@H]1O[C@H](O[C@H]2[C@H](OC(C)=O)[C@H](OC(C)=O)C(OC(C)=O)O[C@@H]2COC(C)=O)[C@@H](OC(C)=O)[C@@H](OC(C)=O)[C@@H]1OC(C)=O. The zero-order chi connectivity index (χ0) is 35.6. The first-order valence-corrected chi connectivity index (χ1v) is 14.2. The number of rotatable bonds is 12. The van der Waals surface area contributed by atoms with Crippen molar-refractivity contribution in [3.63, 3.8) is 0 Å². The van der Waals surface area contributed by atoms with Crippen LogP contribution in [0.2, 0.25) is 0 Å². The van der Waals surface area contributed by atoms with Crippen molar-refractivity contribution in [3.05, 3.63) is 0 Å². The lowest BCUT2D eigenvalue weighted by atomic mass is 9.96. The molecule has 19 nitrogen and oxygen atoms in total. The van der Waals surface area contributed by atoms with E-state index in [0.717, 1.165) is 55.4 Å². The van der Waals surface area contributed by atoms with Crippen LogP contribution >= 0.6 is 0 Å². The Labute approximate surface area is 268 Å². The molecule has 10 atom stereocenters. The van der Waals surface area contributed by atoms with Gasteiger partial charge in [0.1, 0.15) is 31.5 Å². The topological polar surface area (TPSA) is 238 Å². The van der Waals surface area contributed by atoms with Gasteiger partial charge in [0.2, 0.25) is 12.4 Å². The fourth-order valence-electron chi connectivity index (χ4n) is 4.73. The van der Waals surface area contributed by atoms with Gasteiger partial charge >= 0.3 is 47.8 Å². The molecule has 264 valence electrons. The van der Waals surface area contributed by atoms with Crippen LogP contribution in [-0.2, 0) is 90.5 Å². The second-order valence-electron chi connectivity index (χ2n) is 10.3. The first-order valence-electron chi connectivity index (χ1n) is 14.2. The third-order valence-corrected chi connectivity index (χ3v) is 6.17. The van der Waals surface area contributed by atoms with Gasteiger partial charge < -0.3 is 52.1 Å². The first kappa shape index (κ1) is 38.8. The summed E-state index contributed by atoms with van der Waals surface area (Å²) in [6.45, 7) is 7.05. The van der Waals surface area contributed by atoms with Crippen LogP contribution in [0.3, 0.4) is 0 Å². The molecule has 2 rings (SSSR count). The highest BCUT2D eigenvalue weighted by Crippen LogP contribution is 2.35. The van der Waals surface area contributed by atoms with Crippen molar-refractivity contribution in [3.8, 4) is 0 Å². The molecular weight excluding hydrogens is 640 g/mol. The smallest absolute Gasteiger partial charge is 0.305 e. The summed E-state index contributed by atoms with van der Waals surface area (Å²) in [5.74, 6) is -7.02. The summed E-state index contributed by atoms with van der Waals surface area (Å²) in [4.78, 5) is 96.3.